The largest absolute Gasteiger partial charge is 0.490 e. The third-order valence-corrected chi connectivity index (χ3v) is 16.7. The minimum Gasteiger partial charge on any atom is -0.490 e. The average Bonchev–Trinajstić information content (AvgIpc) is 4.22. The van der Waals surface area contributed by atoms with Gasteiger partial charge in [-0.1, -0.05) is 80.1 Å². The van der Waals surface area contributed by atoms with E-state index in [1.54, 1.807) is 46.9 Å². The number of nitrogens with zero attached hydrogens (tertiary/aromatic N) is 5. The van der Waals surface area contributed by atoms with Crippen LogP contribution in [0.2, 0.25) is 5.02 Å². The van der Waals surface area contributed by atoms with Crippen LogP contribution in [0.1, 0.15) is 114 Å². The molecule has 1 unspecified atom stereocenters. The summed E-state index contributed by atoms with van der Waals surface area (Å²) in [7, 11) is 1.49. The van der Waals surface area contributed by atoms with Crippen molar-refractivity contribution in [2.45, 2.75) is 117 Å². The van der Waals surface area contributed by atoms with Crippen molar-refractivity contribution in [2.75, 3.05) is 13.7 Å². The fourth-order valence-electron chi connectivity index (χ4n) is 10.0. The van der Waals surface area contributed by atoms with Gasteiger partial charge in [0.05, 0.1) is 18.2 Å². The van der Waals surface area contributed by atoms with Crippen molar-refractivity contribution in [3.05, 3.63) is 134 Å². The third kappa shape index (κ3) is 10.5. The molecule has 0 bridgehead atoms. The molecule has 2 fully saturated rings. The van der Waals surface area contributed by atoms with E-state index in [1.807, 2.05) is 93.2 Å². The molecule has 3 aromatic carbocycles. The molecule has 1 aliphatic carbocycles. The number of hydrogen-bond acceptors (Lipinski definition) is 13. The number of halogens is 1. The molecule has 5 N–H and O–H groups in total. The molecule has 1 saturated carbocycles. The van der Waals surface area contributed by atoms with Gasteiger partial charge in [0.25, 0.3) is 5.91 Å². The van der Waals surface area contributed by atoms with Crippen LogP contribution < -0.4 is 25.7 Å². The molecule has 0 radical (unpaired) electrons. The van der Waals surface area contributed by atoms with E-state index in [0.29, 0.717) is 46.0 Å². The monoisotopic (exact) mass is 1070 g/mol. The first-order valence-electron chi connectivity index (χ1n) is 24.9. The topological polar surface area (TPSA) is 217 Å². The normalized spacial score (nSPS) is 20.1. The summed E-state index contributed by atoms with van der Waals surface area (Å²) in [6, 6.07) is 19.4. The number of β-amino-alcohol motifs (C(OH)–C–C–N with tert-alkyl or cyclic N) is 1. The third-order valence-electron chi connectivity index (χ3n) is 14.2. The number of aliphatic hydroxyl groups excluding tert-OH is 1. The molecule has 2 aliphatic heterocycles. The minimum atomic E-state index is -1.09. The van der Waals surface area contributed by atoms with E-state index in [2.05, 4.69) is 45.0 Å². The standard InChI is InChI=1S/C55H58ClN9O8S2/c1-27-29(3)75-54-45(27)46(31-13-16-35(56)17-14-31)59-40(49-63-62-30(4)65(49)54)24-44(67)58-36-20-39(21-36)72-38-18-15-34-19-43(73-42(34)23-38)51(69)60-48(55(5,6)7)53(70)64-25-37(66)22-41(64)50(68)61-52(71-8)33-11-9-32(10-12-33)47-28(2)57-26-74-47/h9-19,23,26,36-37,39-41,48,52,66H,20-22,24-25H2,1-8H3,(H,58,67)(H,60,69)(H,61,68)/p+1/t36?,37-,39?,40+,41+,48-,52?/m1/s1. The molecule has 6 heterocycles. The zero-order valence-electron chi connectivity index (χ0n) is 42.8. The number of aryl methyl sites for hydroxylation is 3. The lowest BCUT2D eigenvalue weighted by molar-refractivity contribution is -0.379. The fraction of sp³-hybridized carbons (Fsp3) is 0.382. The molecule has 3 aliphatic rings. The van der Waals surface area contributed by atoms with Crippen molar-refractivity contribution in [1.29, 1.82) is 0 Å². The maximum atomic E-state index is 14.4. The number of carbonyl (C=O) groups excluding carboxylic acids is 4. The van der Waals surface area contributed by atoms with Crippen molar-refractivity contribution < 1.29 is 43.2 Å². The number of thiazole rings is 1. The summed E-state index contributed by atoms with van der Waals surface area (Å²) in [4.78, 5) is 68.0. The summed E-state index contributed by atoms with van der Waals surface area (Å²) in [5.41, 5.74) is 8.09. The number of aliphatic imine (C=N–C) groups is 1. The molecule has 4 amide bonds. The van der Waals surface area contributed by atoms with Crippen LogP contribution in [0, 0.1) is 33.1 Å². The first-order valence-corrected chi connectivity index (χ1v) is 27.0. The Hall–Kier alpha value is -6.77. The van der Waals surface area contributed by atoms with Gasteiger partial charge in [-0.25, -0.2) is 4.98 Å². The molecule has 0 spiro atoms. The number of ether oxygens (including phenoxy) is 2. The molecule has 75 heavy (non-hydrogen) atoms. The zero-order valence-corrected chi connectivity index (χ0v) is 45.2. The maximum absolute atomic E-state index is 14.4. The number of carbonyl (C=O) groups is 4. The van der Waals surface area contributed by atoms with Gasteiger partial charge in [0.1, 0.15) is 51.3 Å². The summed E-state index contributed by atoms with van der Waals surface area (Å²) < 4.78 is 20.1. The highest BCUT2D eigenvalue weighted by Gasteiger charge is 2.45. The number of nitrogens with one attached hydrogen (secondary N) is 4. The Morgan fingerprint density at radius 2 is 1.68 bits per heavy atom. The highest BCUT2D eigenvalue weighted by molar-refractivity contribution is 7.15. The number of amides is 4. The lowest BCUT2D eigenvalue weighted by Crippen LogP contribution is -2.58. The summed E-state index contributed by atoms with van der Waals surface area (Å²) >= 11 is 9.53. The van der Waals surface area contributed by atoms with E-state index in [4.69, 9.17) is 30.5 Å². The van der Waals surface area contributed by atoms with E-state index < -0.39 is 53.6 Å². The second-order valence-corrected chi connectivity index (χ2v) is 23.2. The molecular formula is C55H59ClN9O8S2+. The van der Waals surface area contributed by atoms with Crippen LogP contribution in [0.3, 0.4) is 0 Å². The van der Waals surface area contributed by atoms with Crippen LogP contribution >= 0.6 is 34.3 Å². The quantitative estimate of drug-likeness (QED) is 0.0768. The number of methoxy groups -OCH3 is 1. The molecule has 1 saturated heterocycles. The van der Waals surface area contributed by atoms with Gasteiger partial charge in [-0.05, 0) is 67.6 Å². The number of benzene rings is 3. The summed E-state index contributed by atoms with van der Waals surface area (Å²) in [5, 5.41) is 31.0. The summed E-state index contributed by atoms with van der Waals surface area (Å²) in [5.74, 6) is 0.0588. The Kier molecular flexibility index (Phi) is 14.3. The zero-order chi connectivity index (χ0) is 53.0. The molecule has 17 nitrogen and oxygen atoms in total. The van der Waals surface area contributed by atoms with Gasteiger partial charge in [-0.3, -0.25) is 28.7 Å². The van der Waals surface area contributed by atoms with Gasteiger partial charge in [-0.2, -0.15) is 0 Å². The number of hydrogen-bond donors (Lipinski definition) is 4. The smallest absolute Gasteiger partial charge is 0.287 e. The Labute approximate surface area is 446 Å². The molecule has 10 rings (SSSR count). The molecule has 4 aromatic heterocycles. The SMILES string of the molecule is COC(NC(=O)[C@@H]1C[C@@H](O)CN1C(=O)[C@@H](NC(=O)c1cc2ccc(OC3CC(NC(=O)C[C@@H]4N=C(c5ccc(Cl)cc5)c5c(sc(C)c5C)-n5c(C)nnc54)C3)cc2o1)C(C)(C)C)c1ccc(-c2sc[nH+]c2C)cc1. The minimum absolute atomic E-state index is 0.0136. The first kappa shape index (κ1) is 51.7. The van der Waals surface area contributed by atoms with Crippen molar-refractivity contribution >= 4 is 74.6 Å². The Balaban J connectivity index is 0.758. The number of thiophene rings is 1. The number of aromatic amines is 1. The van der Waals surface area contributed by atoms with Crippen LogP contribution in [-0.4, -0.2) is 98.1 Å². The number of likely N-dealkylation sites (tertiary alicyclic amines) is 1. The second-order valence-electron chi connectivity index (χ2n) is 20.6. The average molecular weight is 1070 g/mol. The number of aliphatic hydroxyl groups is 1. The lowest BCUT2D eigenvalue weighted by atomic mass is 9.85. The van der Waals surface area contributed by atoms with Gasteiger partial charge < -0.3 is 39.8 Å². The number of fused-ring (bicyclic) bond motifs is 4. The van der Waals surface area contributed by atoms with E-state index in [1.165, 1.54) is 12.0 Å². The van der Waals surface area contributed by atoms with Crippen LogP contribution in [-0.2, 0) is 19.1 Å². The predicted octanol–water partition coefficient (Wildman–Crippen LogP) is 8.08. The van der Waals surface area contributed by atoms with E-state index in [-0.39, 0.29) is 43.2 Å². The van der Waals surface area contributed by atoms with Gasteiger partial charge in [0.15, 0.2) is 23.5 Å². The Bertz CT molecular complexity index is 3350. The fourth-order valence-corrected chi connectivity index (χ4v) is 12.2. The number of H-pyrrole nitrogens is 1. The van der Waals surface area contributed by atoms with E-state index >= 15 is 0 Å². The molecule has 20 heteroatoms. The van der Waals surface area contributed by atoms with Crippen LogP contribution in [0.25, 0.3) is 26.4 Å². The van der Waals surface area contributed by atoms with Gasteiger partial charge in [0, 0.05) is 83.9 Å². The van der Waals surface area contributed by atoms with Crippen molar-refractivity contribution in [3.63, 3.8) is 0 Å². The van der Waals surface area contributed by atoms with E-state index in [9.17, 15) is 24.3 Å². The van der Waals surface area contributed by atoms with Crippen LogP contribution in [0.15, 0.2) is 87.7 Å². The lowest BCUT2D eigenvalue weighted by Gasteiger charge is -2.36. The number of rotatable bonds is 14. The molecule has 390 valence electrons. The van der Waals surface area contributed by atoms with Crippen molar-refractivity contribution in [3.8, 4) is 21.2 Å². The van der Waals surface area contributed by atoms with Gasteiger partial charge in [0.2, 0.25) is 23.2 Å². The molecular weight excluding hydrogens is 1010 g/mol. The van der Waals surface area contributed by atoms with Crippen LogP contribution in [0.4, 0.5) is 0 Å². The second kappa shape index (κ2) is 20.7. The Morgan fingerprint density at radius 3 is 2.37 bits per heavy atom. The molecule has 5 atom stereocenters. The number of aromatic nitrogens is 4. The highest BCUT2D eigenvalue weighted by atomic mass is 35.5. The summed E-state index contributed by atoms with van der Waals surface area (Å²) in [6.45, 7) is 13.4. The van der Waals surface area contributed by atoms with Crippen molar-refractivity contribution in [1.82, 2.24) is 35.6 Å². The predicted molar refractivity (Wildman–Crippen MR) is 285 cm³/mol. The van der Waals surface area contributed by atoms with Gasteiger partial charge in [-0.15, -0.1) is 21.5 Å². The van der Waals surface area contributed by atoms with Crippen LogP contribution in [0.5, 0.6) is 5.75 Å². The summed E-state index contributed by atoms with van der Waals surface area (Å²) in [6.07, 6.45) is -0.695. The highest BCUT2D eigenvalue weighted by Crippen LogP contribution is 2.40. The Morgan fingerprint density at radius 1 is 0.947 bits per heavy atom. The van der Waals surface area contributed by atoms with Crippen molar-refractivity contribution in [2.24, 2.45) is 10.4 Å². The molecule has 7 aromatic rings. The van der Waals surface area contributed by atoms with Gasteiger partial charge >= 0.3 is 0 Å². The first-order chi connectivity index (χ1) is 35.8. The number of furan rings is 1. The van der Waals surface area contributed by atoms with E-state index in [0.717, 1.165) is 54.2 Å². The maximum Gasteiger partial charge on any atom is 0.287 e.